The third-order valence-corrected chi connectivity index (χ3v) is 6.11. The fraction of sp³-hybridized carbons (Fsp3) is 0.647. The molecule has 0 aromatic carbocycles. The molecule has 4 rings (SSSR count). The van der Waals surface area contributed by atoms with Gasteiger partial charge in [-0.2, -0.15) is 0 Å². The lowest BCUT2D eigenvalue weighted by molar-refractivity contribution is 0.0398. The molecule has 1 atom stereocenters. The van der Waals surface area contributed by atoms with E-state index in [1.807, 2.05) is 11.3 Å². The maximum Gasteiger partial charge on any atom is 0.138 e. The van der Waals surface area contributed by atoms with Crippen LogP contribution in [0.15, 0.2) is 6.33 Å². The standard InChI is InChI=1S/C17H24N4OS/c1-12-2-3-14-13(10-12)15-16(19-11-20-17(15)23-14)18-4-5-21-6-8-22-9-7-21/h11-12H,2-10H2,1H3,(H,18,19,20)/t12-/m1/s1. The van der Waals surface area contributed by atoms with Gasteiger partial charge in [-0.1, -0.05) is 6.92 Å². The second-order valence-corrected chi connectivity index (χ2v) is 7.72. The lowest BCUT2D eigenvalue weighted by Crippen LogP contribution is -2.39. The van der Waals surface area contributed by atoms with Gasteiger partial charge in [-0.25, -0.2) is 9.97 Å². The van der Waals surface area contributed by atoms with E-state index in [0.29, 0.717) is 0 Å². The highest BCUT2D eigenvalue weighted by Crippen LogP contribution is 2.39. The minimum absolute atomic E-state index is 0.765. The number of thiophene rings is 1. The van der Waals surface area contributed by atoms with Crippen molar-refractivity contribution in [2.24, 2.45) is 5.92 Å². The van der Waals surface area contributed by atoms with Gasteiger partial charge in [0.25, 0.3) is 0 Å². The summed E-state index contributed by atoms with van der Waals surface area (Å²) in [5, 5.41) is 4.84. The van der Waals surface area contributed by atoms with E-state index in [1.54, 1.807) is 6.33 Å². The zero-order chi connectivity index (χ0) is 15.6. The largest absolute Gasteiger partial charge is 0.379 e. The van der Waals surface area contributed by atoms with E-state index >= 15 is 0 Å². The number of anilines is 1. The van der Waals surface area contributed by atoms with Crippen LogP contribution in [-0.4, -0.2) is 54.3 Å². The maximum absolute atomic E-state index is 5.40. The number of morpholine rings is 1. The van der Waals surface area contributed by atoms with Gasteiger partial charge in [-0.15, -0.1) is 11.3 Å². The molecule has 3 heterocycles. The highest BCUT2D eigenvalue weighted by atomic mass is 32.1. The van der Waals surface area contributed by atoms with E-state index in [0.717, 1.165) is 56.0 Å². The molecule has 0 saturated carbocycles. The van der Waals surface area contributed by atoms with Crippen molar-refractivity contribution in [2.45, 2.75) is 26.2 Å². The average molecular weight is 332 g/mol. The van der Waals surface area contributed by atoms with Gasteiger partial charge in [-0.05, 0) is 30.7 Å². The number of hydrogen-bond donors (Lipinski definition) is 1. The topological polar surface area (TPSA) is 50.3 Å². The monoisotopic (exact) mass is 332 g/mol. The Kier molecular flexibility index (Phi) is 4.46. The van der Waals surface area contributed by atoms with Crippen LogP contribution in [-0.2, 0) is 17.6 Å². The molecule has 5 nitrogen and oxygen atoms in total. The average Bonchev–Trinajstić information content (AvgIpc) is 2.94. The maximum atomic E-state index is 5.40. The van der Waals surface area contributed by atoms with Gasteiger partial charge in [0.05, 0.1) is 18.6 Å². The Labute approximate surface area is 141 Å². The summed E-state index contributed by atoms with van der Waals surface area (Å²) in [6.45, 7) is 8.09. The van der Waals surface area contributed by atoms with E-state index in [4.69, 9.17) is 4.74 Å². The Bertz CT molecular complexity index is 681. The second kappa shape index (κ2) is 6.71. The fourth-order valence-electron chi connectivity index (χ4n) is 3.57. The Balaban J connectivity index is 1.51. The minimum atomic E-state index is 0.765. The molecule has 0 amide bonds. The Morgan fingerprint density at radius 1 is 1.35 bits per heavy atom. The van der Waals surface area contributed by atoms with Crippen molar-refractivity contribution >= 4 is 27.4 Å². The van der Waals surface area contributed by atoms with Crippen LogP contribution in [0.3, 0.4) is 0 Å². The van der Waals surface area contributed by atoms with Crippen LogP contribution < -0.4 is 5.32 Å². The fourth-order valence-corrected chi connectivity index (χ4v) is 4.76. The number of nitrogens with zero attached hydrogens (tertiary/aromatic N) is 3. The van der Waals surface area contributed by atoms with Crippen LogP contribution in [0.1, 0.15) is 23.8 Å². The summed E-state index contributed by atoms with van der Waals surface area (Å²) in [5.41, 5.74) is 1.50. The van der Waals surface area contributed by atoms with Crippen LogP contribution >= 0.6 is 11.3 Å². The number of rotatable bonds is 4. The quantitative estimate of drug-likeness (QED) is 0.932. The minimum Gasteiger partial charge on any atom is -0.379 e. The zero-order valence-electron chi connectivity index (χ0n) is 13.7. The Morgan fingerprint density at radius 3 is 3.09 bits per heavy atom. The van der Waals surface area contributed by atoms with Crippen molar-refractivity contribution in [3.05, 3.63) is 16.8 Å². The number of fused-ring (bicyclic) bond motifs is 3. The van der Waals surface area contributed by atoms with E-state index < -0.39 is 0 Å². The molecule has 1 aliphatic heterocycles. The third kappa shape index (κ3) is 3.20. The van der Waals surface area contributed by atoms with Crippen LogP contribution in [0.5, 0.6) is 0 Å². The molecule has 1 aliphatic carbocycles. The van der Waals surface area contributed by atoms with E-state index in [9.17, 15) is 0 Å². The first-order chi connectivity index (χ1) is 11.3. The van der Waals surface area contributed by atoms with Crippen LogP contribution in [0, 0.1) is 5.92 Å². The van der Waals surface area contributed by atoms with Gasteiger partial charge in [0.15, 0.2) is 0 Å². The van der Waals surface area contributed by atoms with Crippen molar-refractivity contribution in [3.63, 3.8) is 0 Å². The number of aryl methyl sites for hydroxylation is 1. The first kappa shape index (κ1) is 15.3. The van der Waals surface area contributed by atoms with Gasteiger partial charge < -0.3 is 10.1 Å². The number of ether oxygens (including phenoxy) is 1. The summed E-state index contributed by atoms with van der Waals surface area (Å²) < 4.78 is 5.40. The highest BCUT2D eigenvalue weighted by molar-refractivity contribution is 7.19. The molecule has 2 aromatic heterocycles. The molecule has 0 bridgehead atoms. The molecule has 124 valence electrons. The molecule has 2 aromatic rings. The van der Waals surface area contributed by atoms with Gasteiger partial charge in [-0.3, -0.25) is 4.90 Å². The van der Waals surface area contributed by atoms with E-state index in [1.165, 1.54) is 35.1 Å². The van der Waals surface area contributed by atoms with Crippen LogP contribution in [0.4, 0.5) is 5.82 Å². The van der Waals surface area contributed by atoms with E-state index in [-0.39, 0.29) is 0 Å². The highest BCUT2D eigenvalue weighted by Gasteiger charge is 2.23. The summed E-state index contributed by atoms with van der Waals surface area (Å²) in [7, 11) is 0. The third-order valence-electron chi connectivity index (χ3n) is 4.91. The van der Waals surface area contributed by atoms with Crippen molar-refractivity contribution in [1.82, 2.24) is 14.9 Å². The van der Waals surface area contributed by atoms with Gasteiger partial charge in [0.2, 0.25) is 0 Å². The van der Waals surface area contributed by atoms with Crippen LogP contribution in [0.25, 0.3) is 10.2 Å². The number of aromatic nitrogens is 2. The summed E-state index contributed by atoms with van der Waals surface area (Å²) >= 11 is 1.86. The molecular weight excluding hydrogens is 308 g/mol. The smallest absolute Gasteiger partial charge is 0.138 e. The van der Waals surface area contributed by atoms with Gasteiger partial charge >= 0.3 is 0 Å². The zero-order valence-corrected chi connectivity index (χ0v) is 14.5. The normalized spacial score (nSPS) is 22.2. The second-order valence-electron chi connectivity index (χ2n) is 6.63. The van der Waals surface area contributed by atoms with Crippen molar-refractivity contribution < 1.29 is 4.74 Å². The molecule has 0 radical (unpaired) electrons. The summed E-state index contributed by atoms with van der Waals surface area (Å²) in [6, 6.07) is 0. The Morgan fingerprint density at radius 2 is 2.22 bits per heavy atom. The summed E-state index contributed by atoms with van der Waals surface area (Å²) in [6.07, 6.45) is 5.36. The first-order valence-electron chi connectivity index (χ1n) is 8.60. The van der Waals surface area contributed by atoms with Crippen molar-refractivity contribution in [1.29, 1.82) is 0 Å². The van der Waals surface area contributed by atoms with Gasteiger partial charge in [0.1, 0.15) is 17.0 Å². The van der Waals surface area contributed by atoms with Crippen molar-refractivity contribution in [3.8, 4) is 0 Å². The molecule has 1 saturated heterocycles. The number of hydrogen-bond acceptors (Lipinski definition) is 6. The lowest BCUT2D eigenvalue weighted by atomic mass is 9.88. The first-order valence-corrected chi connectivity index (χ1v) is 9.42. The van der Waals surface area contributed by atoms with Gasteiger partial charge in [0, 0.05) is 31.1 Å². The molecule has 2 aliphatic rings. The van der Waals surface area contributed by atoms with Crippen LogP contribution in [0.2, 0.25) is 0 Å². The SMILES string of the molecule is C[C@@H]1CCc2sc3ncnc(NCCN4CCOCC4)c3c2C1. The Hall–Kier alpha value is -1.24. The predicted octanol–water partition coefficient (Wildman–Crippen LogP) is 2.56. The molecular formula is C17H24N4OS. The number of nitrogens with one attached hydrogen (secondary N) is 1. The predicted molar refractivity (Wildman–Crippen MR) is 94.4 cm³/mol. The molecule has 23 heavy (non-hydrogen) atoms. The van der Waals surface area contributed by atoms with E-state index in [2.05, 4.69) is 27.1 Å². The molecule has 1 fully saturated rings. The van der Waals surface area contributed by atoms with Crippen molar-refractivity contribution in [2.75, 3.05) is 44.7 Å². The molecule has 0 spiro atoms. The molecule has 6 heteroatoms. The molecule has 1 N–H and O–H groups in total. The summed E-state index contributed by atoms with van der Waals surface area (Å²) in [5.74, 6) is 1.79. The molecule has 0 unspecified atom stereocenters. The summed E-state index contributed by atoms with van der Waals surface area (Å²) in [4.78, 5) is 14.2. The lowest BCUT2D eigenvalue weighted by Gasteiger charge is -2.26.